The average Bonchev–Trinajstić information content (AvgIpc) is 3.12. The van der Waals surface area contributed by atoms with E-state index in [-0.39, 0.29) is 24.4 Å². The molecule has 0 spiro atoms. The summed E-state index contributed by atoms with van der Waals surface area (Å²) in [6, 6.07) is 13.8. The van der Waals surface area contributed by atoms with Crippen LogP contribution >= 0.6 is 12.4 Å². The van der Waals surface area contributed by atoms with Crippen LogP contribution in [0.4, 0.5) is 5.69 Å². The lowest BCUT2D eigenvalue weighted by Crippen LogP contribution is -2.31. The number of aryl methyl sites for hydroxylation is 2. The van der Waals surface area contributed by atoms with Crippen molar-refractivity contribution >= 4 is 24.0 Å². The second-order valence-electron chi connectivity index (χ2n) is 6.76. The number of hydrogen-bond donors (Lipinski definition) is 2. The first-order valence-corrected chi connectivity index (χ1v) is 8.79. The Morgan fingerprint density at radius 3 is 2.78 bits per heavy atom. The van der Waals surface area contributed by atoms with Crippen LogP contribution < -0.4 is 11.1 Å². The number of halogens is 1. The molecule has 0 saturated heterocycles. The molecule has 140 valence electrons. The molecule has 0 radical (unpaired) electrons. The number of carbonyl (C=O) groups is 1. The van der Waals surface area contributed by atoms with E-state index in [1.165, 1.54) is 11.1 Å². The number of nitrogens with zero attached hydrogens (tertiary/aromatic N) is 3. The van der Waals surface area contributed by atoms with E-state index in [4.69, 9.17) is 5.73 Å². The molecule has 1 heterocycles. The van der Waals surface area contributed by atoms with Crippen molar-refractivity contribution in [2.75, 3.05) is 5.73 Å². The van der Waals surface area contributed by atoms with Crippen molar-refractivity contribution in [1.82, 2.24) is 20.3 Å². The normalized spacial score (nSPS) is 15.5. The first kappa shape index (κ1) is 18.9. The summed E-state index contributed by atoms with van der Waals surface area (Å²) < 4.78 is 1.61. The molecule has 1 aliphatic rings. The van der Waals surface area contributed by atoms with E-state index in [1.807, 2.05) is 49.4 Å². The second kappa shape index (κ2) is 7.80. The van der Waals surface area contributed by atoms with Gasteiger partial charge in [0, 0.05) is 5.69 Å². The Hall–Kier alpha value is -2.86. The van der Waals surface area contributed by atoms with E-state index in [9.17, 15) is 4.79 Å². The highest BCUT2D eigenvalue weighted by molar-refractivity contribution is 5.92. The Labute approximate surface area is 164 Å². The molecule has 0 aliphatic heterocycles. The molecule has 1 atom stereocenters. The minimum absolute atomic E-state index is 0. The van der Waals surface area contributed by atoms with Crippen LogP contribution in [0.5, 0.6) is 0 Å². The fraction of sp³-hybridized carbons (Fsp3) is 0.250. The van der Waals surface area contributed by atoms with Gasteiger partial charge in [0.15, 0.2) is 5.69 Å². The number of benzene rings is 2. The van der Waals surface area contributed by atoms with E-state index in [2.05, 4.69) is 15.6 Å². The molecule has 3 N–H and O–H groups in total. The molecular formula is C20H22ClN5O. The van der Waals surface area contributed by atoms with Gasteiger partial charge in [0.25, 0.3) is 5.91 Å². The molecule has 6 nitrogen and oxygen atoms in total. The third-order valence-corrected chi connectivity index (χ3v) is 4.81. The summed E-state index contributed by atoms with van der Waals surface area (Å²) in [6.45, 7) is 2.03. The van der Waals surface area contributed by atoms with Crippen LogP contribution in [0.15, 0.2) is 48.7 Å². The van der Waals surface area contributed by atoms with Crippen molar-refractivity contribution in [1.29, 1.82) is 0 Å². The standard InChI is InChI=1S/C20H21N5O.ClH/c1-13-5-8-16(9-6-13)25-12-19(23-24-25)20(26)22-18-4-2-3-14-11-15(21)7-10-17(14)18;/h5-12,18H,2-4,21H2,1H3,(H,22,26);1H. The van der Waals surface area contributed by atoms with Gasteiger partial charge >= 0.3 is 0 Å². The van der Waals surface area contributed by atoms with Crippen molar-refractivity contribution in [2.24, 2.45) is 0 Å². The van der Waals surface area contributed by atoms with Gasteiger partial charge in [-0.2, -0.15) is 0 Å². The summed E-state index contributed by atoms with van der Waals surface area (Å²) in [5.41, 5.74) is 11.4. The molecule has 1 aromatic heterocycles. The Balaban J connectivity index is 0.00000210. The van der Waals surface area contributed by atoms with Gasteiger partial charge in [-0.3, -0.25) is 4.79 Å². The summed E-state index contributed by atoms with van der Waals surface area (Å²) in [5.74, 6) is -0.210. The smallest absolute Gasteiger partial charge is 0.273 e. The molecule has 1 aliphatic carbocycles. The van der Waals surface area contributed by atoms with Gasteiger partial charge in [0.05, 0.1) is 17.9 Å². The number of amides is 1. The molecule has 1 unspecified atom stereocenters. The maximum Gasteiger partial charge on any atom is 0.273 e. The largest absolute Gasteiger partial charge is 0.399 e. The summed E-state index contributed by atoms with van der Waals surface area (Å²) in [4.78, 5) is 12.6. The first-order chi connectivity index (χ1) is 12.6. The van der Waals surface area contributed by atoms with Gasteiger partial charge in [-0.1, -0.05) is 29.0 Å². The zero-order chi connectivity index (χ0) is 18.1. The maximum absolute atomic E-state index is 12.6. The molecular weight excluding hydrogens is 362 g/mol. The number of nitrogens with one attached hydrogen (secondary N) is 1. The number of nitrogens with two attached hydrogens (primary N) is 1. The molecule has 0 saturated carbocycles. The lowest BCUT2D eigenvalue weighted by atomic mass is 9.87. The third-order valence-electron chi connectivity index (χ3n) is 4.81. The van der Waals surface area contributed by atoms with Crippen LogP contribution in [0, 0.1) is 6.92 Å². The van der Waals surface area contributed by atoms with Gasteiger partial charge in [0.1, 0.15) is 0 Å². The lowest BCUT2D eigenvalue weighted by Gasteiger charge is -2.26. The van der Waals surface area contributed by atoms with Crippen molar-refractivity contribution in [3.05, 3.63) is 71.0 Å². The fourth-order valence-corrected chi connectivity index (χ4v) is 3.41. The molecule has 3 aromatic rings. The highest BCUT2D eigenvalue weighted by Crippen LogP contribution is 2.31. The number of rotatable bonds is 3. The summed E-state index contributed by atoms with van der Waals surface area (Å²) >= 11 is 0. The summed E-state index contributed by atoms with van der Waals surface area (Å²) in [7, 11) is 0. The minimum Gasteiger partial charge on any atom is -0.399 e. The highest BCUT2D eigenvalue weighted by atomic mass is 35.5. The molecule has 4 rings (SSSR count). The van der Waals surface area contributed by atoms with Crippen LogP contribution in [0.25, 0.3) is 5.69 Å². The van der Waals surface area contributed by atoms with E-state index in [1.54, 1.807) is 10.9 Å². The molecule has 0 fully saturated rings. The zero-order valence-corrected chi connectivity index (χ0v) is 15.9. The van der Waals surface area contributed by atoms with E-state index >= 15 is 0 Å². The van der Waals surface area contributed by atoms with Crippen LogP contribution in [-0.4, -0.2) is 20.9 Å². The van der Waals surface area contributed by atoms with Crippen molar-refractivity contribution in [3.63, 3.8) is 0 Å². The summed E-state index contributed by atoms with van der Waals surface area (Å²) in [6.07, 6.45) is 4.59. The van der Waals surface area contributed by atoms with Crippen molar-refractivity contribution < 1.29 is 4.79 Å². The second-order valence-corrected chi connectivity index (χ2v) is 6.76. The average molecular weight is 384 g/mol. The fourth-order valence-electron chi connectivity index (χ4n) is 3.41. The number of nitrogen functional groups attached to an aromatic ring is 1. The molecule has 1 amide bonds. The number of anilines is 1. The van der Waals surface area contributed by atoms with Crippen LogP contribution in [0.3, 0.4) is 0 Å². The van der Waals surface area contributed by atoms with Crippen LogP contribution in [0.1, 0.15) is 46.1 Å². The molecule has 27 heavy (non-hydrogen) atoms. The Morgan fingerprint density at radius 1 is 1.22 bits per heavy atom. The predicted molar refractivity (Wildman–Crippen MR) is 107 cm³/mol. The highest BCUT2D eigenvalue weighted by Gasteiger charge is 2.23. The van der Waals surface area contributed by atoms with Crippen molar-refractivity contribution in [3.8, 4) is 5.69 Å². The first-order valence-electron chi connectivity index (χ1n) is 8.79. The number of hydrogen-bond acceptors (Lipinski definition) is 4. The number of fused-ring (bicyclic) bond motifs is 1. The topological polar surface area (TPSA) is 85.8 Å². The Bertz CT molecular complexity index is 951. The quantitative estimate of drug-likeness (QED) is 0.679. The van der Waals surface area contributed by atoms with E-state index in [0.717, 1.165) is 36.2 Å². The lowest BCUT2D eigenvalue weighted by molar-refractivity contribution is 0.0927. The van der Waals surface area contributed by atoms with Crippen LogP contribution in [0.2, 0.25) is 0 Å². The van der Waals surface area contributed by atoms with Gasteiger partial charge in [-0.05, 0) is 61.6 Å². The third kappa shape index (κ3) is 3.95. The Kier molecular flexibility index (Phi) is 5.46. The Morgan fingerprint density at radius 2 is 2.00 bits per heavy atom. The zero-order valence-electron chi connectivity index (χ0n) is 15.1. The summed E-state index contributed by atoms with van der Waals surface area (Å²) in [5, 5.41) is 11.2. The molecule has 2 aromatic carbocycles. The molecule has 0 bridgehead atoms. The van der Waals surface area contributed by atoms with Crippen molar-refractivity contribution in [2.45, 2.75) is 32.2 Å². The minimum atomic E-state index is -0.210. The van der Waals surface area contributed by atoms with E-state index in [0.29, 0.717) is 5.69 Å². The number of aromatic nitrogens is 3. The number of carbonyl (C=O) groups excluding carboxylic acids is 1. The maximum atomic E-state index is 12.6. The van der Waals surface area contributed by atoms with Gasteiger partial charge in [-0.25, -0.2) is 4.68 Å². The SMILES string of the molecule is Cc1ccc(-n2cc(C(=O)NC3CCCc4cc(N)ccc43)nn2)cc1.Cl. The van der Waals surface area contributed by atoms with E-state index < -0.39 is 0 Å². The van der Waals surface area contributed by atoms with Crippen LogP contribution in [-0.2, 0) is 6.42 Å². The monoisotopic (exact) mass is 383 g/mol. The van der Waals surface area contributed by atoms with Gasteiger partial charge in [0.2, 0.25) is 0 Å². The molecule has 7 heteroatoms. The predicted octanol–water partition coefficient (Wildman–Crippen LogP) is 3.39. The van der Waals surface area contributed by atoms with Gasteiger partial charge < -0.3 is 11.1 Å². The van der Waals surface area contributed by atoms with Gasteiger partial charge in [-0.15, -0.1) is 17.5 Å².